The van der Waals surface area contributed by atoms with Crippen LogP contribution in [0, 0.1) is 11.7 Å². The summed E-state index contributed by atoms with van der Waals surface area (Å²) in [6.45, 7) is 5.33. The maximum absolute atomic E-state index is 13.0. The Balaban J connectivity index is 1.82. The maximum atomic E-state index is 13.0. The van der Waals surface area contributed by atoms with Crippen molar-refractivity contribution in [3.8, 4) is 0 Å². The van der Waals surface area contributed by atoms with Gasteiger partial charge in [-0.2, -0.15) is 0 Å². The molecule has 1 saturated heterocycles. The Kier molecular flexibility index (Phi) is 4.31. The molecule has 0 radical (unpaired) electrons. The fraction of sp³-hybridized carbons (Fsp3) is 0.500. The predicted octanol–water partition coefficient (Wildman–Crippen LogP) is 1.78. The Hall–Kier alpha value is -1.42. The van der Waals surface area contributed by atoms with Crippen LogP contribution in [0.5, 0.6) is 0 Å². The van der Waals surface area contributed by atoms with Gasteiger partial charge in [-0.15, -0.1) is 0 Å². The van der Waals surface area contributed by atoms with Crippen LogP contribution < -0.4 is 5.32 Å². The fourth-order valence-corrected chi connectivity index (χ4v) is 2.31. The van der Waals surface area contributed by atoms with Gasteiger partial charge in [0.2, 0.25) is 5.91 Å². The summed E-state index contributed by atoms with van der Waals surface area (Å²) < 4.78 is 13.0. The lowest BCUT2D eigenvalue weighted by Crippen LogP contribution is -2.32. The number of carbonyl (C=O) groups excluding carboxylic acids is 1. The van der Waals surface area contributed by atoms with Crippen molar-refractivity contribution in [1.29, 1.82) is 0 Å². The van der Waals surface area contributed by atoms with Gasteiger partial charge >= 0.3 is 0 Å². The smallest absolute Gasteiger partial charge is 0.224 e. The minimum atomic E-state index is -0.264. The summed E-state index contributed by atoms with van der Waals surface area (Å²) in [6, 6.07) is 6.33. The summed E-state index contributed by atoms with van der Waals surface area (Å²) in [7, 11) is 0. The van der Waals surface area contributed by atoms with Crippen molar-refractivity contribution in [3.63, 3.8) is 0 Å². The van der Waals surface area contributed by atoms with E-state index in [0.717, 1.165) is 31.6 Å². The molecule has 1 aliphatic heterocycles. The Morgan fingerprint density at radius 3 is 3.06 bits per heavy atom. The summed E-state index contributed by atoms with van der Waals surface area (Å²) in [6.07, 6.45) is 0.919. The molecule has 98 valence electrons. The molecule has 0 aliphatic carbocycles. The van der Waals surface area contributed by atoms with Gasteiger partial charge in [0.1, 0.15) is 5.82 Å². The second-order valence-corrected chi connectivity index (χ2v) is 4.73. The van der Waals surface area contributed by atoms with Crippen molar-refractivity contribution in [2.45, 2.75) is 19.9 Å². The molecule has 0 saturated carbocycles. The molecule has 1 N–H and O–H groups in total. The third kappa shape index (κ3) is 3.29. The predicted molar refractivity (Wildman–Crippen MR) is 68.5 cm³/mol. The summed E-state index contributed by atoms with van der Waals surface area (Å²) in [5, 5.41) is 2.88. The first kappa shape index (κ1) is 13.0. The topological polar surface area (TPSA) is 32.3 Å². The average molecular weight is 250 g/mol. The molecule has 0 unspecified atom stereocenters. The molecule has 2 rings (SSSR count). The van der Waals surface area contributed by atoms with Gasteiger partial charge in [0.15, 0.2) is 0 Å². The highest BCUT2D eigenvalue weighted by molar-refractivity contribution is 5.79. The first-order valence-electron chi connectivity index (χ1n) is 6.43. The lowest BCUT2D eigenvalue weighted by Gasteiger charge is -2.13. The Bertz CT molecular complexity index is 422. The van der Waals surface area contributed by atoms with E-state index in [2.05, 4.69) is 17.1 Å². The average Bonchev–Trinajstić information content (AvgIpc) is 2.85. The van der Waals surface area contributed by atoms with E-state index in [1.165, 1.54) is 12.1 Å². The van der Waals surface area contributed by atoms with Crippen molar-refractivity contribution in [2.24, 2.45) is 5.92 Å². The molecule has 0 spiro atoms. The van der Waals surface area contributed by atoms with Crippen LogP contribution in [-0.4, -0.2) is 30.4 Å². The van der Waals surface area contributed by atoms with Crippen LogP contribution in [0.2, 0.25) is 0 Å². The van der Waals surface area contributed by atoms with E-state index in [1.807, 2.05) is 6.07 Å². The fourth-order valence-electron chi connectivity index (χ4n) is 2.31. The van der Waals surface area contributed by atoms with Crippen LogP contribution in [0.3, 0.4) is 0 Å². The van der Waals surface area contributed by atoms with Crippen LogP contribution in [-0.2, 0) is 11.3 Å². The summed E-state index contributed by atoms with van der Waals surface area (Å²) in [4.78, 5) is 14.2. The van der Waals surface area contributed by atoms with Gasteiger partial charge in [0, 0.05) is 13.1 Å². The van der Waals surface area contributed by atoms with Crippen molar-refractivity contribution < 1.29 is 9.18 Å². The highest BCUT2D eigenvalue weighted by atomic mass is 19.1. The molecule has 1 fully saturated rings. The first-order valence-corrected chi connectivity index (χ1v) is 6.43. The maximum Gasteiger partial charge on any atom is 0.224 e. The van der Waals surface area contributed by atoms with Gasteiger partial charge in [0.25, 0.3) is 0 Å². The van der Waals surface area contributed by atoms with E-state index in [-0.39, 0.29) is 17.6 Å². The second-order valence-electron chi connectivity index (χ2n) is 4.73. The van der Waals surface area contributed by atoms with E-state index < -0.39 is 0 Å². The zero-order chi connectivity index (χ0) is 13.0. The number of benzene rings is 1. The number of rotatable bonds is 4. The van der Waals surface area contributed by atoms with Crippen LogP contribution in [0.4, 0.5) is 4.39 Å². The standard InChI is InChI=1S/C14H19FN2O/c1-2-17-7-6-12(10-17)14(18)16-9-11-4-3-5-13(15)8-11/h3-5,8,12H,2,6-7,9-10H2,1H3,(H,16,18)/t12-/m0/s1. The molecule has 18 heavy (non-hydrogen) atoms. The molecule has 1 amide bonds. The molecule has 0 aromatic heterocycles. The first-order chi connectivity index (χ1) is 8.69. The highest BCUT2D eigenvalue weighted by Gasteiger charge is 2.26. The number of nitrogens with zero attached hydrogens (tertiary/aromatic N) is 1. The Morgan fingerprint density at radius 2 is 2.39 bits per heavy atom. The van der Waals surface area contributed by atoms with Crippen LogP contribution in [0.1, 0.15) is 18.9 Å². The zero-order valence-corrected chi connectivity index (χ0v) is 10.7. The molecule has 1 heterocycles. The van der Waals surface area contributed by atoms with E-state index >= 15 is 0 Å². The van der Waals surface area contributed by atoms with Gasteiger partial charge in [-0.3, -0.25) is 4.79 Å². The number of nitrogens with one attached hydrogen (secondary N) is 1. The molecular weight excluding hydrogens is 231 g/mol. The van der Waals surface area contributed by atoms with Gasteiger partial charge in [0.05, 0.1) is 5.92 Å². The summed E-state index contributed by atoms with van der Waals surface area (Å²) in [5.74, 6) is -0.103. The third-order valence-electron chi connectivity index (χ3n) is 3.45. The van der Waals surface area contributed by atoms with E-state index in [9.17, 15) is 9.18 Å². The summed E-state index contributed by atoms with van der Waals surface area (Å²) >= 11 is 0. The van der Waals surface area contributed by atoms with E-state index in [1.54, 1.807) is 6.07 Å². The quantitative estimate of drug-likeness (QED) is 0.883. The van der Waals surface area contributed by atoms with Gasteiger partial charge < -0.3 is 10.2 Å². The highest BCUT2D eigenvalue weighted by Crippen LogP contribution is 2.15. The number of hydrogen-bond donors (Lipinski definition) is 1. The summed E-state index contributed by atoms with van der Waals surface area (Å²) in [5.41, 5.74) is 0.800. The number of likely N-dealkylation sites (tertiary alicyclic amines) is 1. The Labute approximate surface area is 107 Å². The number of hydrogen-bond acceptors (Lipinski definition) is 2. The lowest BCUT2D eigenvalue weighted by atomic mass is 10.1. The lowest BCUT2D eigenvalue weighted by molar-refractivity contribution is -0.124. The molecule has 1 aromatic rings. The molecular formula is C14H19FN2O. The van der Waals surface area contributed by atoms with Crippen LogP contribution in [0.25, 0.3) is 0 Å². The third-order valence-corrected chi connectivity index (χ3v) is 3.45. The molecule has 4 heteroatoms. The van der Waals surface area contributed by atoms with Crippen LogP contribution >= 0.6 is 0 Å². The number of carbonyl (C=O) groups is 1. The number of halogens is 1. The largest absolute Gasteiger partial charge is 0.352 e. The number of amides is 1. The van der Waals surface area contributed by atoms with Gasteiger partial charge in [-0.25, -0.2) is 4.39 Å². The van der Waals surface area contributed by atoms with E-state index in [0.29, 0.717) is 6.54 Å². The monoisotopic (exact) mass is 250 g/mol. The zero-order valence-electron chi connectivity index (χ0n) is 10.7. The van der Waals surface area contributed by atoms with Crippen molar-refractivity contribution >= 4 is 5.91 Å². The second kappa shape index (κ2) is 5.96. The van der Waals surface area contributed by atoms with Crippen LogP contribution in [0.15, 0.2) is 24.3 Å². The minimum Gasteiger partial charge on any atom is -0.352 e. The van der Waals surface area contributed by atoms with Crippen molar-refractivity contribution in [3.05, 3.63) is 35.6 Å². The Morgan fingerprint density at radius 1 is 1.56 bits per heavy atom. The molecule has 1 aromatic carbocycles. The normalized spacial score (nSPS) is 20.0. The van der Waals surface area contributed by atoms with E-state index in [4.69, 9.17) is 0 Å². The SMILES string of the molecule is CCN1CC[C@H](C(=O)NCc2cccc(F)c2)C1. The molecule has 3 nitrogen and oxygen atoms in total. The van der Waals surface area contributed by atoms with Crippen molar-refractivity contribution in [1.82, 2.24) is 10.2 Å². The minimum absolute atomic E-state index is 0.0789. The van der Waals surface area contributed by atoms with Gasteiger partial charge in [-0.05, 0) is 37.2 Å². The molecule has 1 aliphatic rings. The van der Waals surface area contributed by atoms with Crippen molar-refractivity contribution in [2.75, 3.05) is 19.6 Å². The molecule has 1 atom stereocenters. The molecule has 0 bridgehead atoms. The van der Waals surface area contributed by atoms with Gasteiger partial charge in [-0.1, -0.05) is 19.1 Å².